The van der Waals surface area contributed by atoms with Gasteiger partial charge in [0, 0.05) is 5.56 Å². The van der Waals surface area contributed by atoms with Crippen LogP contribution in [-0.2, 0) is 0 Å². The fourth-order valence-corrected chi connectivity index (χ4v) is 1.69. The molecule has 0 amide bonds. The average Bonchev–Trinajstić information content (AvgIpc) is 2.27. The number of nitrogens with one attached hydrogen (secondary N) is 1. The van der Waals surface area contributed by atoms with Crippen LogP contribution in [0.5, 0.6) is 0 Å². The summed E-state index contributed by atoms with van der Waals surface area (Å²) in [7, 11) is 0. The number of hydrogen-bond acceptors (Lipinski definition) is 2. The number of benzene rings is 1. The summed E-state index contributed by atoms with van der Waals surface area (Å²) in [6.45, 7) is 4.43. The van der Waals surface area contributed by atoms with E-state index in [2.05, 4.69) is 26.0 Å². The van der Waals surface area contributed by atoms with E-state index in [4.69, 9.17) is 5.41 Å². The van der Waals surface area contributed by atoms with E-state index in [-0.39, 0.29) is 0 Å². The highest BCUT2D eigenvalue weighted by Gasteiger charge is 2.03. The van der Waals surface area contributed by atoms with Gasteiger partial charge in [0.2, 0.25) is 0 Å². The molecule has 0 saturated heterocycles. The molecular weight excluding hydrogens is 190 g/mol. The maximum absolute atomic E-state index is 7.66. The summed E-state index contributed by atoms with van der Waals surface area (Å²) in [6.07, 6.45) is 3.10. The minimum Gasteiger partial charge on any atom is -0.293 e. The highest BCUT2D eigenvalue weighted by molar-refractivity contribution is 8.13. The topological polar surface area (TPSA) is 23.9 Å². The summed E-state index contributed by atoms with van der Waals surface area (Å²) in [5, 5.41) is 8.30. The molecule has 1 unspecified atom stereocenters. The molecule has 1 atom stereocenters. The molecule has 0 heterocycles. The van der Waals surface area contributed by atoms with Crippen molar-refractivity contribution < 1.29 is 0 Å². The molecular formula is C12H17NS. The van der Waals surface area contributed by atoms with Gasteiger partial charge >= 0.3 is 0 Å². The molecule has 0 radical (unpaired) electrons. The standard InChI is InChI=1S/C12H17NS/c1-4-9(2)10-5-7-11(8-6-10)12(13)14-3/h5-9,13H,4H2,1-3H3. The van der Waals surface area contributed by atoms with Gasteiger partial charge in [-0.15, -0.1) is 11.8 Å². The Kier molecular flexibility index (Phi) is 4.21. The molecule has 0 aliphatic rings. The van der Waals surface area contributed by atoms with Gasteiger partial charge in [-0.2, -0.15) is 0 Å². The zero-order valence-electron chi connectivity index (χ0n) is 9.00. The third-order valence-electron chi connectivity index (χ3n) is 2.56. The van der Waals surface area contributed by atoms with Crippen LogP contribution in [0.3, 0.4) is 0 Å². The third kappa shape index (κ3) is 2.61. The molecule has 2 heteroatoms. The van der Waals surface area contributed by atoms with E-state index in [1.54, 1.807) is 0 Å². The van der Waals surface area contributed by atoms with Crippen molar-refractivity contribution >= 4 is 16.8 Å². The lowest BCUT2D eigenvalue weighted by atomic mass is 9.98. The molecule has 0 saturated carbocycles. The summed E-state index contributed by atoms with van der Waals surface area (Å²) in [6, 6.07) is 8.35. The largest absolute Gasteiger partial charge is 0.293 e. The van der Waals surface area contributed by atoms with Gasteiger partial charge in [-0.05, 0) is 24.2 Å². The van der Waals surface area contributed by atoms with Crippen LogP contribution < -0.4 is 0 Å². The van der Waals surface area contributed by atoms with Gasteiger partial charge in [0.1, 0.15) is 0 Å². The van der Waals surface area contributed by atoms with Crippen molar-refractivity contribution in [1.82, 2.24) is 0 Å². The summed E-state index contributed by atoms with van der Waals surface area (Å²) in [5.41, 5.74) is 2.38. The molecule has 1 N–H and O–H groups in total. The molecule has 1 rings (SSSR count). The molecule has 1 nitrogen and oxygen atoms in total. The van der Waals surface area contributed by atoms with Crippen LogP contribution in [-0.4, -0.2) is 11.3 Å². The van der Waals surface area contributed by atoms with Crippen molar-refractivity contribution in [3.63, 3.8) is 0 Å². The van der Waals surface area contributed by atoms with Gasteiger partial charge in [0.15, 0.2) is 0 Å². The predicted molar refractivity (Wildman–Crippen MR) is 65.5 cm³/mol. The summed E-state index contributed by atoms with van der Waals surface area (Å²) in [4.78, 5) is 0. The van der Waals surface area contributed by atoms with Gasteiger partial charge in [0.25, 0.3) is 0 Å². The molecule has 0 fully saturated rings. The first kappa shape index (κ1) is 11.3. The van der Waals surface area contributed by atoms with Gasteiger partial charge < -0.3 is 0 Å². The van der Waals surface area contributed by atoms with Crippen molar-refractivity contribution in [3.05, 3.63) is 35.4 Å². The molecule has 0 aliphatic carbocycles. The van der Waals surface area contributed by atoms with E-state index in [9.17, 15) is 0 Å². The average molecular weight is 207 g/mol. The molecule has 0 spiro atoms. The quantitative estimate of drug-likeness (QED) is 0.590. The van der Waals surface area contributed by atoms with Crippen molar-refractivity contribution in [2.24, 2.45) is 0 Å². The van der Waals surface area contributed by atoms with E-state index in [0.29, 0.717) is 11.0 Å². The van der Waals surface area contributed by atoms with Crippen molar-refractivity contribution in [1.29, 1.82) is 5.41 Å². The number of rotatable bonds is 3. The fraction of sp³-hybridized carbons (Fsp3) is 0.417. The van der Waals surface area contributed by atoms with Gasteiger partial charge in [-0.3, -0.25) is 5.41 Å². The lowest BCUT2D eigenvalue weighted by Crippen LogP contribution is -1.95. The van der Waals surface area contributed by atoms with E-state index in [1.165, 1.54) is 23.7 Å². The van der Waals surface area contributed by atoms with Crippen molar-refractivity contribution in [3.8, 4) is 0 Å². The maximum Gasteiger partial charge on any atom is 0.0939 e. The predicted octanol–water partition coefficient (Wildman–Crippen LogP) is 3.89. The lowest BCUT2D eigenvalue weighted by Gasteiger charge is -2.09. The molecule has 0 aromatic heterocycles. The molecule has 0 bridgehead atoms. The van der Waals surface area contributed by atoms with Gasteiger partial charge in [-0.1, -0.05) is 38.1 Å². The molecule has 1 aromatic rings. The smallest absolute Gasteiger partial charge is 0.0939 e. The number of thioether (sulfide) groups is 1. The molecule has 14 heavy (non-hydrogen) atoms. The maximum atomic E-state index is 7.66. The Morgan fingerprint density at radius 1 is 1.36 bits per heavy atom. The monoisotopic (exact) mass is 207 g/mol. The van der Waals surface area contributed by atoms with Crippen LogP contribution in [0.2, 0.25) is 0 Å². The van der Waals surface area contributed by atoms with Gasteiger partial charge in [-0.25, -0.2) is 0 Å². The van der Waals surface area contributed by atoms with E-state index in [1.807, 2.05) is 18.4 Å². The normalized spacial score (nSPS) is 12.5. The van der Waals surface area contributed by atoms with E-state index in [0.717, 1.165) is 5.56 Å². The van der Waals surface area contributed by atoms with E-state index < -0.39 is 0 Å². The van der Waals surface area contributed by atoms with E-state index >= 15 is 0 Å². The molecule has 76 valence electrons. The van der Waals surface area contributed by atoms with Crippen LogP contribution >= 0.6 is 11.8 Å². The minimum absolute atomic E-state index is 0.618. The Morgan fingerprint density at radius 3 is 2.36 bits per heavy atom. The first-order chi connectivity index (χ1) is 6.69. The second-order valence-corrected chi connectivity index (χ2v) is 4.28. The first-order valence-corrected chi connectivity index (χ1v) is 6.14. The summed E-state index contributed by atoms with van der Waals surface area (Å²) in [5.74, 6) is 0.618. The zero-order valence-corrected chi connectivity index (χ0v) is 9.82. The second kappa shape index (κ2) is 5.20. The highest BCUT2D eigenvalue weighted by atomic mass is 32.2. The Labute approximate surface area is 90.4 Å². The first-order valence-electron chi connectivity index (χ1n) is 4.92. The fourth-order valence-electron chi connectivity index (χ4n) is 1.32. The van der Waals surface area contributed by atoms with Crippen LogP contribution in [0, 0.1) is 5.41 Å². The Bertz CT molecular complexity index is 303. The highest BCUT2D eigenvalue weighted by Crippen LogP contribution is 2.19. The van der Waals surface area contributed by atoms with Crippen molar-refractivity contribution in [2.75, 3.05) is 6.26 Å². The van der Waals surface area contributed by atoms with Crippen LogP contribution in [0.25, 0.3) is 0 Å². The Morgan fingerprint density at radius 2 is 1.93 bits per heavy atom. The van der Waals surface area contributed by atoms with Crippen LogP contribution in [0.1, 0.15) is 37.3 Å². The Hall–Kier alpha value is -0.760. The lowest BCUT2D eigenvalue weighted by molar-refractivity contribution is 0.733. The minimum atomic E-state index is 0.618. The molecule has 1 aromatic carbocycles. The van der Waals surface area contributed by atoms with Gasteiger partial charge in [0.05, 0.1) is 5.04 Å². The second-order valence-electron chi connectivity index (χ2n) is 3.46. The third-order valence-corrected chi connectivity index (χ3v) is 3.20. The van der Waals surface area contributed by atoms with Crippen LogP contribution in [0.15, 0.2) is 24.3 Å². The Balaban J connectivity index is 2.83. The van der Waals surface area contributed by atoms with Crippen molar-refractivity contribution in [2.45, 2.75) is 26.2 Å². The summed E-state index contributed by atoms with van der Waals surface area (Å²) >= 11 is 1.48. The van der Waals surface area contributed by atoms with Crippen LogP contribution in [0.4, 0.5) is 0 Å². The summed E-state index contributed by atoms with van der Waals surface area (Å²) < 4.78 is 0. The molecule has 0 aliphatic heterocycles. The SMILES string of the molecule is CCC(C)c1ccc(C(=N)SC)cc1. The number of hydrogen-bond donors (Lipinski definition) is 1. The zero-order chi connectivity index (χ0) is 10.6.